The number of benzene rings is 3. The Morgan fingerprint density at radius 3 is 2.29 bits per heavy atom. The quantitative estimate of drug-likeness (QED) is 0.445. The van der Waals surface area contributed by atoms with E-state index >= 15 is 0 Å². The third-order valence-corrected chi connectivity index (χ3v) is 5.31. The number of ether oxygens (including phenoxy) is 1. The van der Waals surface area contributed by atoms with Crippen LogP contribution in [0, 0.1) is 13.8 Å². The van der Waals surface area contributed by atoms with Crippen molar-refractivity contribution in [2.45, 2.75) is 40.0 Å². The van der Waals surface area contributed by atoms with Crippen LogP contribution in [-0.4, -0.2) is 22.7 Å². The van der Waals surface area contributed by atoms with Crippen LogP contribution in [0.5, 0.6) is 17.2 Å². The lowest BCUT2D eigenvalue weighted by Crippen LogP contribution is -2.20. The fourth-order valence-corrected chi connectivity index (χ4v) is 3.61. The summed E-state index contributed by atoms with van der Waals surface area (Å²) in [6.45, 7) is 8.04. The molecule has 0 heterocycles. The molecule has 0 unspecified atom stereocenters. The van der Waals surface area contributed by atoms with Crippen LogP contribution in [0.4, 0.5) is 5.69 Å². The summed E-state index contributed by atoms with van der Waals surface area (Å²) < 4.78 is 5.69. The fourth-order valence-electron chi connectivity index (χ4n) is 3.61. The zero-order valence-corrected chi connectivity index (χ0v) is 18.4. The van der Waals surface area contributed by atoms with Gasteiger partial charge in [-0.05, 0) is 84.3 Å². The van der Waals surface area contributed by atoms with Gasteiger partial charge in [0.15, 0.2) is 6.61 Å². The highest BCUT2D eigenvalue weighted by Gasteiger charge is 2.12. The maximum Gasteiger partial charge on any atom is 0.262 e. The van der Waals surface area contributed by atoms with Crippen LogP contribution < -0.4 is 10.1 Å². The lowest BCUT2D eigenvalue weighted by atomic mass is 9.93. The Morgan fingerprint density at radius 1 is 0.968 bits per heavy atom. The van der Waals surface area contributed by atoms with Gasteiger partial charge in [0.25, 0.3) is 5.91 Å². The van der Waals surface area contributed by atoms with Gasteiger partial charge in [-0.3, -0.25) is 4.79 Å². The first-order valence-electron chi connectivity index (χ1n) is 10.4. The number of aromatic hydroxyl groups is 2. The first-order chi connectivity index (χ1) is 14.7. The summed E-state index contributed by atoms with van der Waals surface area (Å²) in [7, 11) is 0. The molecule has 3 aromatic carbocycles. The van der Waals surface area contributed by atoms with Gasteiger partial charge >= 0.3 is 0 Å². The molecule has 3 N–H and O–H groups in total. The summed E-state index contributed by atoms with van der Waals surface area (Å²) in [5.74, 6) is 0.882. The maximum atomic E-state index is 12.2. The summed E-state index contributed by atoms with van der Waals surface area (Å²) in [5.41, 5.74) is 5.80. The van der Waals surface area contributed by atoms with Crippen LogP contribution in [0.1, 0.15) is 47.6 Å². The average molecular weight is 420 g/mol. The number of para-hydroxylation sites is 2. The van der Waals surface area contributed by atoms with Crippen molar-refractivity contribution in [2.75, 3.05) is 11.9 Å². The molecule has 5 heteroatoms. The molecule has 1 amide bonds. The van der Waals surface area contributed by atoms with Gasteiger partial charge in [-0.15, -0.1) is 0 Å². The summed E-state index contributed by atoms with van der Waals surface area (Å²) in [6, 6.07) is 16.2. The van der Waals surface area contributed by atoms with Crippen molar-refractivity contribution in [1.29, 1.82) is 0 Å². The summed E-state index contributed by atoms with van der Waals surface area (Å²) >= 11 is 0. The second kappa shape index (κ2) is 9.56. The molecule has 0 bridgehead atoms. The van der Waals surface area contributed by atoms with E-state index in [-0.39, 0.29) is 24.2 Å². The summed E-state index contributed by atoms with van der Waals surface area (Å²) in [4.78, 5) is 12.2. The molecule has 5 nitrogen and oxygen atoms in total. The first-order valence-corrected chi connectivity index (χ1v) is 10.4. The number of hydrogen-bond donors (Lipinski definition) is 3. The van der Waals surface area contributed by atoms with Crippen LogP contribution >= 0.6 is 0 Å². The van der Waals surface area contributed by atoms with Crippen molar-refractivity contribution in [1.82, 2.24) is 0 Å². The molecule has 31 heavy (non-hydrogen) atoms. The third kappa shape index (κ3) is 5.57. The zero-order valence-electron chi connectivity index (χ0n) is 18.4. The molecule has 162 valence electrons. The van der Waals surface area contributed by atoms with Gasteiger partial charge in [0.05, 0.1) is 5.69 Å². The molecule has 0 spiro atoms. The van der Waals surface area contributed by atoms with E-state index in [1.54, 1.807) is 24.3 Å². The van der Waals surface area contributed by atoms with Crippen molar-refractivity contribution >= 4 is 11.6 Å². The normalized spacial score (nSPS) is 10.9. The second-order valence-corrected chi connectivity index (χ2v) is 8.11. The molecule has 0 radical (unpaired) electrons. The van der Waals surface area contributed by atoms with E-state index in [4.69, 9.17) is 4.74 Å². The minimum atomic E-state index is -0.341. The Balaban J connectivity index is 1.68. The van der Waals surface area contributed by atoms with Crippen molar-refractivity contribution < 1.29 is 19.7 Å². The van der Waals surface area contributed by atoms with Crippen LogP contribution in [0.15, 0.2) is 54.6 Å². The van der Waals surface area contributed by atoms with Crippen LogP contribution in [-0.2, 0) is 11.2 Å². The number of phenolic OH excluding ortho intramolecular Hbond substituents is 2. The highest BCUT2D eigenvalue weighted by atomic mass is 16.5. The van der Waals surface area contributed by atoms with Gasteiger partial charge in [0.1, 0.15) is 17.2 Å². The smallest absolute Gasteiger partial charge is 0.262 e. The predicted molar refractivity (Wildman–Crippen MR) is 123 cm³/mol. The number of nitrogens with one attached hydrogen (secondary N) is 1. The van der Waals surface area contributed by atoms with Crippen molar-refractivity contribution in [3.8, 4) is 17.2 Å². The molecular formula is C26H29NO4. The van der Waals surface area contributed by atoms with Crippen molar-refractivity contribution in [2.24, 2.45) is 0 Å². The summed E-state index contributed by atoms with van der Waals surface area (Å²) in [5, 5.41) is 22.5. The Morgan fingerprint density at radius 2 is 1.65 bits per heavy atom. The molecule has 0 fully saturated rings. The van der Waals surface area contributed by atoms with Crippen LogP contribution in [0.25, 0.3) is 0 Å². The molecule has 0 aliphatic heterocycles. The SMILES string of the molecule is Cc1cc(OCC(=O)Nc2ccccc2O)cc(C)c1Cc1ccc(O)c(C(C)C)c1. The number of amides is 1. The van der Waals surface area contributed by atoms with E-state index in [0.29, 0.717) is 17.2 Å². The van der Waals surface area contributed by atoms with E-state index in [1.807, 2.05) is 32.0 Å². The van der Waals surface area contributed by atoms with Gasteiger partial charge in [0, 0.05) is 0 Å². The minimum Gasteiger partial charge on any atom is -0.508 e. The third-order valence-electron chi connectivity index (χ3n) is 5.31. The van der Waals surface area contributed by atoms with Gasteiger partial charge in [-0.2, -0.15) is 0 Å². The van der Waals surface area contributed by atoms with E-state index in [2.05, 4.69) is 25.2 Å². The number of carbonyl (C=O) groups is 1. The molecule has 3 aromatic rings. The number of hydrogen-bond acceptors (Lipinski definition) is 4. The molecule has 0 aliphatic rings. The Labute approximate surface area is 183 Å². The minimum absolute atomic E-state index is 0.0155. The standard InChI is InChI=1S/C26H29NO4/c1-16(2)21-13-19(9-10-24(21)28)14-22-17(3)11-20(12-18(22)4)31-15-26(30)27-23-7-5-6-8-25(23)29/h5-13,16,28-29H,14-15H2,1-4H3,(H,27,30). The predicted octanol–water partition coefficient (Wildman–Crippen LogP) is 5.45. The zero-order chi connectivity index (χ0) is 22.5. The van der Waals surface area contributed by atoms with Gasteiger partial charge in [-0.1, -0.05) is 38.1 Å². The average Bonchev–Trinajstić information content (AvgIpc) is 2.72. The van der Waals surface area contributed by atoms with Crippen molar-refractivity contribution in [3.63, 3.8) is 0 Å². The number of rotatable bonds is 7. The Kier molecular flexibility index (Phi) is 6.85. The largest absolute Gasteiger partial charge is 0.508 e. The number of aryl methyl sites for hydroxylation is 2. The number of anilines is 1. The maximum absolute atomic E-state index is 12.2. The van der Waals surface area contributed by atoms with Crippen LogP contribution in [0.3, 0.4) is 0 Å². The number of carbonyl (C=O) groups excluding carboxylic acids is 1. The Hall–Kier alpha value is -3.47. The van der Waals surface area contributed by atoms with E-state index in [1.165, 1.54) is 11.6 Å². The van der Waals surface area contributed by atoms with E-state index < -0.39 is 0 Å². The number of phenols is 2. The fraction of sp³-hybridized carbons (Fsp3) is 0.269. The topological polar surface area (TPSA) is 78.8 Å². The monoisotopic (exact) mass is 419 g/mol. The van der Waals surface area contributed by atoms with Gasteiger partial charge in [0.2, 0.25) is 0 Å². The van der Waals surface area contributed by atoms with Crippen LogP contribution in [0.2, 0.25) is 0 Å². The molecule has 3 rings (SSSR count). The van der Waals surface area contributed by atoms with Gasteiger partial charge in [-0.25, -0.2) is 0 Å². The van der Waals surface area contributed by atoms with Crippen molar-refractivity contribution in [3.05, 3.63) is 82.4 Å². The summed E-state index contributed by atoms with van der Waals surface area (Å²) in [6.07, 6.45) is 0.756. The Bertz CT molecular complexity index is 1070. The molecule has 0 saturated heterocycles. The van der Waals surface area contributed by atoms with Gasteiger partial charge < -0.3 is 20.3 Å². The molecule has 0 aliphatic carbocycles. The molecule has 0 saturated carbocycles. The first kappa shape index (κ1) is 22.2. The lowest BCUT2D eigenvalue weighted by Gasteiger charge is -2.15. The highest BCUT2D eigenvalue weighted by Crippen LogP contribution is 2.29. The molecule has 0 aromatic heterocycles. The second-order valence-electron chi connectivity index (χ2n) is 8.11. The highest BCUT2D eigenvalue weighted by molar-refractivity contribution is 5.93. The van der Waals surface area contributed by atoms with E-state index in [9.17, 15) is 15.0 Å². The lowest BCUT2D eigenvalue weighted by molar-refractivity contribution is -0.118. The van der Waals surface area contributed by atoms with E-state index in [0.717, 1.165) is 28.7 Å². The molecule has 0 atom stereocenters. The molecular weight excluding hydrogens is 390 g/mol.